The van der Waals surface area contributed by atoms with Crippen molar-refractivity contribution >= 4 is 14.4 Å². The van der Waals surface area contributed by atoms with Crippen molar-refractivity contribution in [3.8, 4) is 0 Å². The Bertz CT molecular complexity index is 726. The molecule has 4 nitrogen and oxygen atoms in total. The number of hydrogen-bond donors (Lipinski definition) is 1. The highest BCUT2D eigenvalue weighted by Gasteiger charge is 2.44. The summed E-state index contributed by atoms with van der Waals surface area (Å²) in [5.74, 6) is 0.780. The summed E-state index contributed by atoms with van der Waals surface area (Å²) in [4.78, 5) is 0. The van der Waals surface area contributed by atoms with Gasteiger partial charge in [-0.25, -0.2) is 0 Å². The minimum absolute atomic E-state index is 0.110. The molecule has 0 saturated heterocycles. The Hall–Kier alpha value is -1.17. The first kappa shape index (κ1) is 23.1. The summed E-state index contributed by atoms with van der Waals surface area (Å²) >= 11 is 0. The van der Waals surface area contributed by atoms with Crippen molar-refractivity contribution in [1.82, 2.24) is 5.16 Å². The molecule has 1 aliphatic rings. The first-order valence-corrected chi connectivity index (χ1v) is 13.4. The lowest BCUT2D eigenvalue weighted by atomic mass is 9.92. The van der Waals surface area contributed by atoms with Gasteiger partial charge in [-0.1, -0.05) is 43.2 Å². The van der Waals surface area contributed by atoms with E-state index in [9.17, 15) is 5.11 Å². The minimum atomic E-state index is -2.01. The molecule has 2 bridgehead atoms. The summed E-state index contributed by atoms with van der Waals surface area (Å²) < 4.78 is 12.5. The molecule has 1 N–H and O–H groups in total. The van der Waals surface area contributed by atoms with Gasteiger partial charge >= 0.3 is 0 Å². The molecule has 5 heteroatoms. The van der Waals surface area contributed by atoms with E-state index in [0.717, 1.165) is 43.6 Å². The van der Waals surface area contributed by atoms with E-state index in [1.165, 1.54) is 11.1 Å². The maximum Gasteiger partial charge on any atom is 0.193 e. The van der Waals surface area contributed by atoms with E-state index in [0.29, 0.717) is 0 Å². The Morgan fingerprint density at radius 1 is 1.21 bits per heavy atom. The van der Waals surface area contributed by atoms with Gasteiger partial charge in [0.05, 0.1) is 11.7 Å². The molecular formula is C23H39NO3Si. The molecule has 1 aromatic rings. The van der Waals surface area contributed by atoms with E-state index < -0.39 is 13.9 Å². The van der Waals surface area contributed by atoms with Crippen molar-refractivity contribution < 1.29 is 14.1 Å². The third kappa shape index (κ3) is 5.91. The van der Waals surface area contributed by atoms with E-state index in [-0.39, 0.29) is 11.1 Å². The molecule has 0 amide bonds. The zero-order valence-electron chi connectivity index (χ0n) is 19.1. The Morgan fingerprint density at radius 2 is 1.89 bits per heavy atom. The fraction of sp³-hybridized carbons (Fsp3) is 0.696. The molecule has 1 aromatic heterocycles. The predicted octanol–water partition coefficient (Wildman–Crippen LogP) is 6.59. The molecule has 0 saturated carbocycles. The first-order chi connectivity index (χ1) is 12.8. The number of nitrogens with zero attached hydrogens (tertiary/aromatic N) is 1. The highest BCUT2D eigenvalue weighted by atomic mass is 28.4. The van der Waals surface area contributed by atoms with E-state index >= 15 is 0 Å². The number of hydrogen-bond acceptors (Lipinski definition) is 4. The number of aliphatic hydroxyl groups is 1. The zero-order valence-corrected chi connectivity index (χ0v) is 20.1. The summed E-state index contributed by atoms with van der Waals surface area (Å²) in [7, 11) is -2.01. The number of fused-ring (bicyclic) bond motifs is 2. The molecular weight excluding hydrogens is 366 g/mol. The van der Waals surface area contributed by atoms with Crippen molar-refractivity contribution in [2.75, 3.05) is 0 Å². The summed E-state index contributed by atoms with van der Waals surface area (Å²) in [5, 5.41) is 14.9. The average Bonchev–Trinajstić information content (AvgIpc) is 3.00. The highest BCUT2D eigenvalue weighted by molar-refractivity contribution is 6.74. The molecule has 0 fully saturated rings. The van der Waals surface area contributed by atoms with E-state index in [1.54, 1.807) is 0 Å². The topological polar surface area (TPSA) is 55.5 Å². The van der Waals surface area contributed by atoms with Gasteiger partial charge in [-0.2, -0.15) is 0 Å². The van der Waals surface area contributed by atoms with Crippen LogP contribution in [0, 0.1) is 0 Å². The quantitative estimate of drug-likeness (QED) is 0.445. The smallest absolute Gasteiger partial charge is 0.193 e. The molecule has 0 spiro atoms. The second kappa shape index (κ2) is 8.68. The molecule has 2 unspecified atom stereocenters. The summed E-state index contributed by atoms with van der Waals surface area (Å²) in [6, 6.07) is 2.04. The van der Waals surface area contributed by atoms with Gasteiger partial charge in [0.2, 0.25) is 0 Å². The maximum absolute atomic E-state index is 10.3. The van der Waals surface area contributed by atoms with Crippen molar-refractivity contribution in [3.05, 3.63) is 34.7 Å². The van der Waals surface area contributed by atoms with Crippen LogP contribution in [0.15, 0.2) is 27.8 Å². The number of rotatable bonds is 2. The lowest BCUT2D eigenvalue weighted by molar-refractivity contribution is 0.0526. The molecule has 1 aliphatic carbocycles. The van der Waals surface area contributed by atoms with Crippen LogP contribution < -0.4 is 0 Å². The minimum Gasteiger partial charge on any atom is -0.406 e. The maximum atomic E-state index is 10.3. The van der Waals surface area contributed by atoms with Gasteiger partial charge in [0.1, 0.15) is 5.69 Å². The van der Waals surface area contributed by atoms with Crippen LogP contribution in [0.2, 0.25) is 18.1 Å². The lowest BCUT2D eigenvalue weighted by Gasteiger charge is -2.43. The monoisotopic (exact) mass is 405 g/mol. The fourth-order valence-corrected chi connectivity index (χ4v) is 5.03. The van der Waals surface area contributed by atoms with Crippen molar-refractivity contribution in [3.63, 3.8) is 0 Å². The van der Waals surface area contributed by atoms with Crippen LogP contribution in [0.4, 0.5) is 0 Å². The van der Waals surface area contributed by atoms with Crippen LogP contribution in [-0.4, -0.2) is 24.7 Å². The number of aromatic nitrogens is 1. The first-order valence-electron chi connectivity index (χ1n) is 10.5. The summed E-state index contributed by atoms with van der Waals surface area (Å²) in [6.45, 7) is 17.7. The Morgan fingerprint density at radius 3 is 2.54 bits per heavy atom. The second-order valence-corrected chi connectivity index (χ2v) is 14.9. The van der Waals surface area contributed by atoms with Crippen LogP contribution in [0.3, 0.4) is 0 Å². The van der Waals surface area contributed by atoms with Crippen LogP contribution in [0.25, 0.3) is 6.08 Å². The van der Waals surface area contributed by atoms with E-state index in [4.69, 9.17) is 8.95 Å². The SMILES string of the molecule is C/C1=C/c2cc(no2)C(C)(O[Si](C)(C)C(C)(C)C)CC/C(C)=C\C(O)CCC1. The van der Waals surface area contributed by atoms with Crippen LogP contribution in [-0.2, 0) is 10.0 Å². The Labute approximate surface area is 172 Å². The molecule has 1 heterocycles. The highest BCUT2D eigenvalue weighted by Crippen LogP contribution is 2.43. The molecule has 0 radical (unpaired) electrons. The fourth-order valence-electron chi connectivity index (χ4n) is 3.39. The van der Waals surface area contributed by atoms with E-state index in [1.807, 2.05) is 12.1 Å². The number of aliphatic hydroxyl groups excluding tert-OH is 1. The van der Waals surface area contributed by atoms with Crippen LogP contribution in [0.5, 0.6) is 0 Å². The van der Waals surface area contributed by atoms with Crippen molar-refractivity contribution in [1.29, 1.82) is 0 Å². The van der Waals surface area contributed by atoms with Gasteiger partial charge in [0.25, 0.3) is 0 Å². The molecule has 0 aromatic carbocycles. The van der Waals surface area contributed by atoms with Gasteiger partial charge in [-0.3, -0.25) is 0 Å². The standard InChI is InChI=1S/C23H39NO3Si/c1-17-10-9-11-19(25)14-18(2)12-13-23(6,21-16-20(15-17)26-24-21)27-28(7,8)22(3,4)5/h14-16,19,25H,9-13H2,1-8H3/b17-15-,18-14-. The molecule has 0 aliphatic heterocycles. The summed E-state index contributed by atoms with van der Waals surface area (Å²) in [5.41, 5.74) is 2.78. The summed E-state index contributed by atoms with van der Waals surface area (Å²) in [6.07, 6.45) is 8.03. The molecule has 28 heavy (non-hydrogen) atoms. The normalized spacial score (nSPS) is 29.4. The van der Waals surface area contributed by atoms with Gasteiger partial charge in [0, 0.05) is 6.07 Å². The Kier molecular flexibility index (Phi) is 7.16. The largest absolute Gasteiger partial charge is 0.406 e. The molecule has 2 atom stereocenters. The van der Waals surface area contributed by atoms with Crippen molar-refractivity contribution in [2.45, 2.75) is 103 Å². The number of allylic oxidation sites excluding steroid dienone is 2. The lowest BCUT2D eigenvalue weighted by Crippen LogP contribution is -2.47. The third-order valence-corrected chi connectivity index (χ3v) is 10.9. The van der Waals surface area contributed by atoms with Crippen LogP contribution >= 0.6 is 0 Å². The molecule has 2 rings (SSSR count). The van der Waals surface area contributed by atoms with Gasteiger partial charge in [-0.05, 0) is 77.1 Å². The third-order valence-electron chi connectivity index (χ3n) is 6.29. The average molecular weight is 406 g/mol. The predicted molar refractivity (Wildman–Crippen MR) is 119 cm³/mol. The van der Waals surface area contributed by atoms with Gasteiger partial charge in [-0.15, -0.1) is 0 Å². The van der Waals surface area contributed by atoms with Gasteiger partial charge < -0.3 is 14.1 Å². The van der Waals surface area contributed by atoms with E-state index in [2.05, 4.69) is 65.9 Å². The van der Waals surface area contributed by atoms with Crippen molar-refractivity contribution in [2.24, 2.45) is 0 Å². The zero-order chi connectivity index (χ0) is 21.2. The van der Waals surface area contributed by atoms with Gasteiger partial charge in [0.15, 0.2) is 14.1 Å². The Balaban J connectivity index is 2.44. The molecule has 158 valence electrons. The van der Waals surface area contributed by atoms with Crippen LogP contribution in [0.1, 0.15) is 85.1 Å². The second-order valence-electron chi connectivity index (χ2n) is 10.2.